The summed E-state index contributed by atoms with van der Waals surface area (Å²) in [5, 5.41) is 7.48. The van der Waals surface area contributed by atoms with E-state index in [0.717, 1.165) is 11.3 Å². The Kier molecular flexibility index (Phi) is 2.88. The fourth-order valence-electron chi connectivity index (χ4n) is 1.43. The van der Waals surface area contributed by atoms with Gasteiger partial charge in [-0.05, 0) is 24.6 Å². The van der Waals surface area contributed by atoms with Crippen LogP contribution in [-0.2, 0) is 0 Å². The minimum Gasteiger partial charge on any atom is -0.364 e. The number of primary amides is 1. The van der Waals surface area contributed by atoms with Crippen molar-refractivity contribution in [1.29, 1.82) is 0 Å². The Morgan fingerprint density at radius 3 is 2.47 bits per heavy atom. The molecule has 2 rings (SSSR count). The van der Waals surface area contributed by atoms with Gasteiger partial charge < -0.3 is 11.5 Å². The van der Waals surface area contributed by atoms with Crippen LogP contribution in [-0.4, -0.2) is 20.9 Å². The van der Waals surface area contributed by atoms with E-state index in [1.54, 1.807) is 0 Å². The van der Waals surface area contributed by atoms with E-state index in [-0.39, 0.29) is 11.7 Å². The second-order valence-corrected chi connectivity index (χ2v) is 3.79. The van der Waals surface area contributed by atoms with Crippen molar-refractivity contribution >= 4 is 5.91 Å². The molecule has 1 heterocycles. The summed E-state index contributed by atoms with van der Waals surface area (Å²) in [4.78, 5) is 10.9. The van der Waals surface area contributed by atoms with Crippen molar-refractivity contribution in [3.05, 3.63) is 41.7 Å². The van der Waals surface area contributed by atoms with Crippen molar-refractivity contribution in [2.45, 2.75) is 13.0 Å². The number of nitrogens with two attached hydrogens (primary N) is 2. The zero-order valence-corrected chi connectivity index (χ0v) is 9.37. The van der Waals surface area contributed by atoms with E-state index < -0.39 is 5.91 Å². The maximum Gasteiger partial charge on any atom is 0.270 e. The molecule has 0 spiro atoms. The largest absolute Gasteiger partial charge is 0.364 e. The monoisotopic (exact) mass is 231 g/mol. The summed E-state index contributed by atoms with van der Waals surface area (Å²) in [6.07, 6.45) is 1.49. The topological polar surface area (TPSA) is 99.8 Å². The van der Waals surface area contributed by atoms with Crippen LogP contribution in [0.3, 0.4) is 0 Å². The molecule has 0 radical (unpaired) electrons. The van der Waals surface area contributed by atoms with Gasteiger partial charge in [-0.1, -0.05) is 17.3 Å². The molecule has 0 fully saturated rings. The molecule has 0 aliphatic heterocycles. The van der Waals surface area contributed by atoms with E-state index in [1.165, 1.54) is 10.9 Å². The number of hydrogen-bond acceptors (Lipinski definition) is 4. The lowest BCUT2D eigenvalue weighted by molar-refractivity contribution is 0.0995. The minimum absolute atomic E-state index is 0.0130. The summed E-state index contributed by atoms with van der Waals surface area (Å²) in [5.74, 6) is -0.594. The van der Waals surface area contributed by atoms with Gasteiger partial charge in [0, 0.05) is 6.04 Å². The zero-order valence-electron chi connectivity index (χ0n) is 9.37. The molecule has 0 saturated heterocycles. The Morgan fingerprint density at radius 1 is 1.35 bits per heavy atom. The summed E-state index contributed by atoms with van der Waals surface area (Å²) >= 11 is 0. The first kappa shape index (κ1) is 11.3. The normalized spacial score (nSPS) is 12.4. The molecule has 0 bridgehead atoms. The van der Waals surface area contributed by atoms with Crippen LogP contribution >= 0.6 is 0 Å². The molecule has 1 atom stereocenters. The Balaban J connectivity index is 2.30. The van der Waals surface area contributed by atoms with Crippen molar-refractivity contribution in [2.24, 2.45) is 11.5 Å². The Hall–Kier alpha value is -2.21. The lowest BCUT2D eigenvalue weighted by atomic mass is 10.1. The van der Waals surface area contributed by atoms with Crippen molar-refractivity contribution in [3.63, 3.8) is 0 Å². The lowest BCUT2D eigenvalue weighted by Gasteiger charge is -2.06. The van der Waals surface area contributed by atoms with Gasteiger partial charge in [0.25, 0.3) is 5.91 Å². The van der Waals surface area contributed by atoms with Crippen molar-refractivity contribution in [1.82, 2.24) is 15.0 Å². The fourth-order valence-corrected chi connectivity index (χ4v) is 1.43. The smallest absolute Gasteiger partial charge is 0.270 e. The molecule has 1 amide bonds. The van der Waals surface area contributed by atoms with Gasteiger partial charge in [-0.15, -0.1) is 5.10 Å². The predicted molar refractivity (Wildman–Crippen MR) is 62.5 cm³/mol. The van der Waals surface area contributed by atoms with Crippen LogP contribution in [0.5, 0.6) is 0 Å². The van der Waals surface area contributed by atoms with Gasteiger partial charge in [-0.3, -0.25) is 4.79 Å². The van der Waals surface area contributed by atoms with Crippen molar-refractivity contribution in [2.75, 3.05) is 0 Å². The Bertz CT molecular complexity index is 529. The number of carbonyl (C=O) groups is 1. The molecule has 1 aromatic heterocycles. The molecule has 0 aliphatic carbocycles. The number of carbonyl (C=O) groups excluding carboxylic acids is 1. The summed E-state index contributed by atoms with van der Waals surface area (Å²) in [7, 11) is 0. The zero-order chi connectivity index (χ0) is 12.4. The van der Waals surface area contributed by atoms with Gasteiger partial charge in [0.05, 0.1) is 11.9 Å². The highest BCUT2D eigenvalue weighted by Crippen LogP contribution is 2.13. The van der Waals surface area contributed by atoms with E-state index >= 15 is 0 Å². The molecule has 0 saturated carbocycles. The summed E-state index contributed by atoms with van der Waals surface area (Å²) in [6, 6.07) is 7.52. The molecular formula is C11H13N5O. The van der Waals surface area contributed by atoms with Crippen LogP contribution in [0.4, 0.5) is 0 Å². The molecular weight excluding hydrogens is 218 g/mol. The third-order valence-corrected chi connectivity index (χ3v) is 2.43. The number of hydrogen-bond donors (Lipinski definition) is 2. The number of rotatable bonds is 3. The molecule has 1 aromatic carbocycles. The van der Waals surface area contributed by atoms with Crippen LogP contribution in [0.15, 0.2) is 30.5 Å². The first-order valence-corrected chi connectivity index (χ1v) is 5.16. The van der Waals surface area contributed by atoms with Crippen molar-refractivity contribution in [3.8, 4) is 5.69 Å². The molecule has 0 unspecified atom stereocenters. The SMILES string of the molecule is C[C@H](N)c1ccc(-n2cc(C(N)=O)nn2)cc1. The van der Waals surface area contributed by atoms with Gasteiger partial charge in [0.1, 0.15) is 0 Å². The Labute approximate surface area is 98.2 Å². The summed E-state index contributed by atoms with van der Waals surface area (Å²) < 4.78 is 1.49. The minimum atomic E-state index is -0.594. The van der Waals surface area contributed by atoms with Crippen LogP contribution < -0.4 is 11.5 Å². The maximum absolute atomic E-state index is 10.9. The second-order valence-electron chi connectivity index (χ2n) is 3.79. The van der Waals surface area contributed by atoms with Gasteiger partial charge >= 0.3 is 0 Å². The van der Waals surface area contributed by atoms with E-state index in [2.05, 4.69) is 10.3 Å². The highest BCUT2D eigenvalue weighted by molar-refractivity contribution is 5.90. The van der Waals surface area contributed by atoms with Crippen LogP contribution in [0.1, 0.15) is 29.0 Å². The van der Waals surface area contributed by atoms with Crippen LogP contribution in [0.25, 0.3) is 5.69 Å². The molecule has 17 heavy (non-hydrogen) atoms. The highest BCUT2D eigenvalue weighted by atomic mass is 16.1. The Morgan fingerprint density at radius 2 is 2.00 bits per heavy atom. The molecule has 6 nitrogen and oxygen atoms in total. The molecule has 0 aliphatic rings. The number of nitrogens with zero attached hydrogens (tertiary/aromatic N) is 3. The molecule has 6 heteroatoms. The third kappa shape index (κ3) is 2.31. The van der Waals surface area contributed by atoms with E-state index in [1.807, 2.05) is 31.2 Å². The summed E-state index contributed by atoms with van der Waals surface area (Å²) in [6.45, 7) is 1.91. The standard InChI is InChI=1S/C11H13N5O/c1-7(12)8-2-4-9(5-3-8)16-6-10(11(13)17)14-15-16/h2-7H,12H2,1H3,(H2,13,17)/t7-/m0/s1. The van der Waals surface area contributed by atoms with E-state index in [4.69, 9.17) is 11.5 Å². The molecule has 2 aromatic rings. The molecule has 4 N–H and O–H groups in total. The molecule has 88 valence electrons. The van der Waals surface area contributed by atoms with Gasteiger partial charge in [-0.25, -0.2) is 4.68 Å². The van der Waals surface area contributed by atoms with Gasteiger partial charge in [-0.2, -0.15) is 0 Å². The number of aromatic nitrogens is 3. The lowest BCUT2D eigenvalue weighted by Crippen LogP contribution is -2.11. The van der Waals surface area contributed by atoms with Gasteiger partial charge in [0.15, 0.2) is 5.69 Å². The maximum atomic E-state index is 10.9. The van der Waals surface area contributed by atoms with E-state index in [0.29, 0.717) is 0 Å². The van der Waals surface area contributed by atoms with Crippen LogP contribution in [0.2, 0.25) is 0 Å². The average molecular weight is 231 g/mol. The second kappa shape index (κ2) is 4.34. The third-order valence-electron chi connectivity index (χ3n) is 2.43. The van der Waals surface area contributed by atoms with Gasteiger partial charge in [0.2, 0.25) is 0 Å². The summed E-state index contributed by atoms with van der Waals surface area (Å²) in [5.41, 5.74) is 12.8. The predicted octanol–water partition coefficient (Wildman–Crippen LogP) is 0.386. The average Bonchev–Trinajstić information content (AvgIpc) is 2.78. The number of benzene rings is 1. The quantitative estimate of drug-likeness (QED) is 0.797. The first-order valence-electron chi connectivity index (χ1n) is 5.16. The van der Waals surface area contributed by atoms with E-state index in [9.17, 15) is 4.79 Å². The highest BCUT2D eigenvalue weighted by Gasteiger charge is 2.07. The fraction of sp³-hybridized carbons (Fsp3) is 0.182. The number of amides is 1. The first-order chi connectivity index (χ1) is 8.08. The van der Waals surface area contributed by atoms with Crippen LogP contribution in [0, 0.1) is 0 Å². The van der Waals surface area contributed by atoms with Crippen molar-refractivity contribution < 1.29 is 4.79 Å².